The molecule has 116 valence electrons. The zero-order valence-corrected chi connectivity index (χ0v) is 13.4. The zero-order chi connectivity index (χ0) is 14.9. The molecule has 0 radical (unpaired) electrons. The maximum absolute atomic E-state index is 6.31. The first-order chi connectivity index (χ1) is 10.2. The fourth-order valence-electron chi connectivity index (χ4n) is 3.53. The first kappa shape index (κ1) is 15.0. The van der Waals surface area contributed by atoms with Gasteiger partial charge in [-0.2, -0.15) is 0 Å². The van der Waals surface area contributed by atoms with Gasteiger partial charge in [0.1, 0.15) is 0 Å². The second-order valence-corrected chi connectivity index (χ2v) is 6.78. The minimum Gasteiger partial charge on any atom is -0.493 e. The van der Waals surface area contributed by atoms with Gasteiger partial charge in [0.25, 0.3) is 0 Å². The van der Waals surface area contributed by atoms with E-state index in [1.54, 1.807) is 7.11 Å². The highest BCUT2D eigenvalue weighted by atomic mass is 35.5. The van der Waals surface area contributed by atoms with Gasteiger partial charge in [-0.05, 0) is 38.2 Å². The van der Waals surface area contributed by atoms with Crippen LogP contribution in [0.3, 0.4) is 0 Å². The molecule has 3 rings (SSSR count). The maximum atomic E-state index is 6.31. The summed E-state index contributed by atoms with van der Waals surface area (Å²) >= 11 is 6.31. The van der Waals surface area contributed by atoms with E-state index in [-0.39, 0.29) is 5.41 Å². The Balaban J connectivity index is 2.05. The van der Waals surface area contributed by atoms with Crippen LogP contribution >= 0.6 is 11.6 Å². The molecule has 2 saturated carbocycles. The number of ether oxygens (including phenoxy) is 2. The lowest BCUT2D eigenvalue weighted by Crippen LogP contribution is -2.34. The van der Waals surface area contributed by atoms with E-state index in [2.05, 4.69) is 0 Å². The molecular weight excluding hydrogens is 286 g/mol. The number of hydrogen-bond donors (Lipinski definition) is 1. The number of hydrogen-bond acceptors (Lipinski definition) is 3. The molecule has 0 aliphatic heterocycles. The van der Waals surface area contributed by atoms with Gasteiger partial charge in [0.2, 0.25) is 0 Å². The Hall–Kier alpha value is -0.930. The molecule has 0 saturated heterocycles. The predicted octanol–water partition coefficient (Wildman–Crippen LogP) is 4.05. The molecule has 1 aromatic carbocycles. The monoisotopic (exact) mass is 309 g/mol. The SMILES string of the molecule is COc1cc(Cl)cc(C2(CN)CCCC2)c1OC1CCC1. The van der Waals surface area contributed by atoms with Gasteiger partial charge in [-0.15, -0.1) is 0 Å². The fraction of sp³-hybridized carbons (Fsp3) is 0.647. The van der Waals surface area contributed by atoms with Gasteiger partial charge in [-0.1, -0.05) is 24.4 Å². The van der Waals surface area contributed by atoms with E-state index < -0.39 is 0 Å². The first-order valence-corrected chi connectivity index (χ1v) is 8.31. The van der Waals surface area contributed by atoms with Crippen LogP contribution in [0, 0.1) is 0 Å². The van der Waals surface area contributed by atoms with Crippen LogP contribution in [0.4, 0.5) is 0 Å². The summed E-state index contributed by atoms with van der Waals surface area (Å²) in [4.78, 5) is 0. The Kier molecular flexibility index (Phi) is 4.32. The van der Waals surface area contributed by atoms with Crippen LogP contribution in [0.5, 0.6) is 11.5 Å². The van der Waals surface area contributed by atoms with Crippen molar-refractivity contribution in [3.8, 4) is 11.5 Å². The van der Waals surface area contributed by atoms with Crippen LogP contribution in [0.15, 0.2) is 12.1 Å². The molecule has 2 N–H and O–H groups in total. The molecule has 2 aliphatic carbocycles. The van der Waals surface area contributed by atoms with Gasteiger partial charge in [0.15, 0.2) is 11.5 Å². The average molecular weight is 310 g/mol. The Morgan fingerprint density at radius 1 is 1.24 bits per heavy atom. The topological polar surface area (TPSA) is 44.5 Å². The molecule has 0 atom stereocenters. The summed E-state index contributed by atoms with van der Waals surface area (Å²) in [6.45, 7) is 0.636. The van der Waals surface area contributed by atoms with Gasteiger partial charge in [-0.3, -0.25) is 0 Å². The number of methoxy groups -OCH3 is 1. The maximum Gasteiger partial charge on any atom is 0.165 e. The number of nitrogens with two attached hydrogens (primary N) is 1. The normalized spacial score (nSPS) is 21.1. The van der Waals surface area contributed by atoms with Crippen LogP contribution in [0.25, 0.3) is 0 Å². The lowest BCUT2D eigenvalue weighted by molar-refractivity contribution is 0.112. The summed E-state index contributed by atoms with van der Waals surface area (Å²) in [5.74, 6) is 1.61. The van der Waals surface area contributed by atoms with E-state index in [0.717, 1.165) is 42.7 Å². The summed E-state index contributed by atoms with van der Waals surface area (Å²) in [6, 6.07) is 3.88. The number of rotatable bonds is 5. The quantitative estimate of drug-likeness (QED) is 0.892. The standard InChI is InChI=1S/C17H24ClNO2/c1-20-15-10-12(18)9-14(16(15)21-13-5-4-6-13)17(11-19)7-2-3-8-17/h9-10,13H,2-8,11,19H2,1H3. The van der Waals surface area contributed by atoms with Crippen molar-refractivity contribution < 1.29 is 9.47 Å². The first-order valence-electron chi connectivity index (χ1n) is 7.93. The highest BCUT2D eigenvalue weighted by Crippen LogP contribution is 2.49. The molecule has 3 nitrogen and oxygen atoms in total. The minimum absolute atomic E-state index is 0.00272. The van der Waals surface area contributed by atoms with Crippen LogP contribution in [-0.4, -0.2) is 19.8 Å². The van der Waals surface area contributed by atoms with Gasteiger partial charge >= 0.3 is 0 Å². The van der Waals surface area contributed by atoms with Crippen LogP contribution in [0.2, 0.25) is 5.02 Å². The van der Waals surface area contributed by atoms with Crippen molar-refractivity contribution >= 4 is 11.6 Å². The van der Waals surface area contributed by atoms with Gasteiger partial charge in [0.05, 0.1) is 13.2 Å². The third kappa shape index (κ3) is 2.74. The van der Waals surface area contributed by atoms with Crippen LogP contribution in [0.1, 0.15) is 50.5 Å². The molecule has 1 aromatic rings. The van der Waals surface area contributed by atoms with Crippen LogP contribution in [-0.2, 0) is 5.41 Å². The van der Waals surface area contributed by atoms with Crippen molar-refractivity contribution in [2.45, 2.75) is 56.5 Å². The van der Waals surface area contributed by atoms with E-state index in [0.29, 0.717) is 17.7 Å². The van der Waals surface area contributed by atoms with Crippen molar-refractivity contribution in [3.63, 3.8) is 0 Å². The van der Waals surface area contributed by atoms with E-state index >= 15 is 0 Å². The summed E-state index contributed by atoms with van der Waals surface area (Å²) in [5.41, 5.74) is 7.30. The molecule has 0 aromatic heterocycles. The summed E-state index contributed by atoms with van der Waals surface area (Å²) < 4.78 is 11.8. The van der Waals surface area contributed by atoms with Crippen molar-refractivity contribution in [1.29, 1.82) is 0 Å². The largest absolute Gasteiger partial charge is 0.493 e. The highest BCUT2D eigenvalue weighted by Gasteiger charge is 2.38. The Bertz CT molecular complexity index is 508. The molecule has 0 heterocycles. The van der Waals surface area contributed by atoms with E-state index in [9.17, 15) is 0 Å². The van der Waals surface area contributed by atoms with Gasteiger partial charge in [-0.25, -0.2) is 0 Å². The molecule has 2 aliphatic rings. The second-order valence-electron chi connectivity index (χ2n) is 6.35. The summed E-state index contributed by atoms with van der Waals surface area (Å²) in [7, 11) is 1.67. The number of benzene rings is 1. The Labute approximate surface area is 131 Å². The van der Waals surface area contributed by atoms with Crippen molar-refractivity contribution in [2.24, 2.45) is 5.73 Å². The molecule has 0 unspecified atom stereocenters. The molecule has 2 fully saturated rings. The van der Waals surface area contributed by atoms with E-state index in [4.69, 9.17) is 26.8 Å². The molecule has 0 bridgehead atoms. The fourth-order valence-corrected chi connectivity index (χ4v) is 3.73. The van der Waals surface area contributed by atoms with Crippen molar-refractivity contribution in [1.82, 2.24) is 0 Å². The Morgan fingerprint density at radius 2 is 1.95 bits per heavy atom. The molecule has 0 amide bonds. The lowest BCUT2D eigenvalue weighted by atomic mass is 9.78. The summed E-state index contributed by atoms with van der Waals surface area (Å²) in [5, 5.41) is 0.697. The van der Waals surface area contributed by atoms with Crippen molar-refractivity contribution in [3.05, 3.63) is 22.7 Å². The predicted molar refractivity (Wildman–Crippen MR) is 85.5 cm³/mol. The lowest BCUT2D eigenvalue weighted by Gasteiger charge is -2.34. The molecule has 0 spiro atoms. The van der Waals surface area contributed by atoms with Crippen LogP contribution < -0.4 is 15.2 Å². The third-order valence-electron chi connectivity index (χ3n) is 5.10. The third-order valence-corrected chi connectivity index (χ3v) is 5.32. The molecule has 21 heavy (non-hydrogen) atoms. The van der Waals surface area contributed by atoms with Gasteiger partial charge < -0.3 is 15.2 Å². The highest BCUT2D eigenvalue weighted by molar-refractivity contribution is 6.30. The van der Waals surface area contributed by atoms with Crippen molar-refractivity contribution in [2.75, 3.05) is 13.7 Å². The smallest absolute Gasteiger partial charge is 0.165 e. The average Bonchev–Trinajstić information content (AvgIpc) is 2.93. The molecule has 4 heteroatoms. The minimum atomic E-state index is -0.00272. The number of halogens is 1. The van der Waals surface area contributed by atoms with Gasteiger partial charge in [0, 0.05) is 28.6 Å². The molecular formula is C17H24ClNO2. The Morgan fingerprint density at radius 3 is 2.48 bits per heavy atom. The zero-order valence-electron chi connectivity index (χ0n) is 12.7. The van der Waals surface area contributed by atoms with E-state index in [1.807, 2.05) is 12.1 Å². The second kappa shape index (κ2) is 6.05. The van der Waals surface area contributed by atoms with E-state index in [1.165, 1.54) is 19.3 Å². The summed E-state index contributed by atoms with van der Waals surface area (Å²) in [6.07, 6.45) is 8.46.